The molecule has 33 heavy (non-hydrogen) atoms. The van der Waals surface area contributed by atoms with Crippen LogP contribution in [0.2, 0.25) is 5.02 Å². The van der Waals surface area contributed by atoms with Crippen molar-refractivity contribution < 1.29 is 14.3 Å². The number of hydrogen-bond acceptors (Lipinski definition) is 4. The lowest BCUT2D eigenvalue weighted by molar-refractivity contribution is 0.0697. The average molecular weight is 465 g/mol. The van der Waals surface area contributed by atoms with E-state index in [9.17, 15) is 14.3 Å². The van der Waals surface area contributed by atoms with Gasteiger partial charge in [0.15, 0.2) is 0 Å². The maximum atomic E-state index is 13.7. The summed E-state index contributed by atoms with van der Waals surface area (Å²) in [4.78, 5) is 15.8. The fourth-order valence-electron chi connectivity index (χ4n) is 3.57. The van der Waals surface area contributed by atoms with Gasteiger partial charge in [-0.3, -0.25) is 4.98 Å². The van der Waals surface area contributed by atoms with Gasteiger partial charge in [-0.15, -0.1) is 0 Å². The molecule has 2 aromatic carbocycles. The summed E-state index contributed by atoms with van der Waals surface area (Å²) in [6, 6.07) is 13.4. The summed E-state index contributed by atoms with van der Waals surface area (Å²) >= 11 is 6.47. The molecule has 0 aliphatic carbocycles. The van der Waals surface area contributed by atoms with E-state index in [-0.39, 0.29) is 11.3 Å². The Balaban J connectivity index is 1.89. The summed E-state index contributed by atoms with van der Waals surface area (Å²) in [5, 5.41) is 17.8. The Morgan fingerprint density at radius 1 is 1.15 bits per heavy atom. The molecule has 168 valence electrons. The Labute approximate surface area is 195 Å². The number of pyridine rings is 1. The minimum atomic E-state index is -1.24. The first kappa shape index (κ1) is 22.5. The first-order valence-corrected chi connectivity index (χ1v) is 10.7. The van der Waals surface area contributed by atoms with E-state index in [0.29, 0.717) is 28.1 Å². The molecule has 4 aromatic rings. The van der Waals surface area contributed by atoms with Gasteiger partial charge in [0.25, 0.3) is 0 Å². The predicted octanol–water partition coefficient (Wildman–Crippen LogP) is 6.60. The third kappa shape index (κ3) is 4.59. The summed E-state index contributed by atoms with van der Waals surface area (Å²) in [6.45, 7) is 6.10. The normalized spacial score (nSPS) is 11.1. The van der Waals surface area contributed by atoms with Crippen molar-refractivity contribution in [3.05, 3.63) is 88.5 Å². The lowest BCUT2D eigenvalue weighted by atomic mass is 10.00. The van der Waals surface area contributed by atoms with Crippen LogP contribution in [0.25, 0.3) is 16.9 Å². The summed E-state index contributed by atoms with van der Waals surface area (Å²) in [6.07, 6.45) is 3.20. The lowest BCUT2D eigenvalue weighted by Gasteiger charge is -2.14. The second-order valence-electron chi connectivity index (χ2n) is 8.01. The van der Waals surface area contributed by atoms with E-state index in [2.05, 4.69) is 36.3 Å². The van der Waals surface area contributed by atoms with Crippen LogP contribution in [-0.4, -0.2) is 25.8 Å². The molecule has 0 aliphatic rings. The number of anilines is 2. The number of halogens is 2. The van der Waals surface area contributed by atoms with Gasteiger partial charge in [-0.05, 0) is 48.2 Å². The van der Waals surface area contributed by atoms with Gasteiger partial charge in [0.1, 0.15) is 11.6 Å². The molecule has 2 N–H and O–H groups in total. The molecule has 0 unspecified atom stereocenters. The average Bonchev–Trinajstić information content (AvgIpc) is 3.18. The summed E-state index contributed by atoms with van der Waals surface area (Å²) in [5.41, 5.74) is 4.18. The minimum absolute atomic E-state index is 0.191. The Kier molecular flexibility index (Phi) is 6.16. The van der Waals surface area contributed by atoms with E-state index >= 15 is 0 Å². The monoisotopic (exact) mass is 464 g/mol. The highest BCUT2D eigenvalue weighted by Crippen LogP contribution is 2.33. The van der Waals surface area contributed by atoms with Gasteiger partial charge in [-0.1, -0.05) is 43.6 Å². The summed E-state index contributed by atoms with van der Waals surface area (Å²) in [5.74, 6) is -1.05. The highest BCUT2D eigenvalue weighted by molar-refractivity contribution is 6.32. The molecule has 2 aromatic heterocycles. The molecule has 0 atom stereocenters. The standard InChI is InChI=1S/C25H22ClFN4O2/c1-14(2)16-5-4-6-17(9-16)22-11-23(29-21-8-7-18(27)10-19(21)25(32)33)31(30-22)24-15(3)12-28-13-20(24)26/h4-14,29H,1-3H3,(H,32,33). The van der Waals surface area contributed by atoms with Crippen LogP contribution in [0.5, 0.6) is 0 Å². The number of nitrogens with one attached hydrogen (secondary N) is 1. The highest BCUT2D eigenvalue weighted by atomic mass is 35.5. The van der Waals surface area contributed by atoms with Crippen LogP contribution < -0.4 is 5.32 Å². The molecule has 0 fully saturated rings. The van der Waals surface area contributed by atoms with Crippen LogP contribution in [-0.2, 0) is 0 Å². The highest BCUT2D eigenvalue weighted by Gasteiger charge is 2.19. The zero-order valence-corrected chi connectivity index (χ0v) is 19.1. The number of aromatic nitrogens is 3. The maximum absolute atomic E-state index is 13.7. The van der Waals surface area contributed by atoms with Crippen LogP contribution in [0.4, 0.5) is 15.9 Å². The first-order valence-electron chi connectivity index (χ1n) is 10.4. The van der Waals surface area contributed by atoms with Crippen molar-refractivity contribution in [2.45, 2.75) is 26.7 Å². The van der Waals surface area contributed by atoms with Crippen molar-refractivity contribution in [1.29, 1.82) is 0 Å². The first-order chi connectivity index (χ1) is 15.7. The van der Waals surface area contributed by atoms with Gasteiger partial charge in [0.2, 0.25) is 0 Å². The largest absolute Gasteiger partial charge is 0.478 e. The smallest absolute Gasteiger partial charge is 0.337 e. The van der Waals surface area contributed by atoms with Crippen LogP contribution in [0.3, 0.4) is 0 Å². The van der Waals surface area contributed by atoms with Crippen molar-refractivity contribution in [3.63, 3.8) is 0 Å². The SMILES string of the molecule is Cc1cncc(Cl)c1-n1nc(-c2cccc(C(C)C)c2)cc1Nc1ccc(F)cc1C(=O)O. The molecule has 0 radical (unpaired) electrons. The predicted molar refractivity (Wildman–Crippen MR) is 127 cm³/mol. The molecular weight excluding hydrogens is 443 g/mol. The van der Waals surface area contributed by atoms with Gasteiger partial charge in [0.05, 0.1) is 27.7 Å². The van der Waals surface area contributed by atoms with Gasteiger partial charge in [-0.2, -0.15) is 5.10 Å². The van der Waals surface area contributed by atoms with E-state index < -0.39 is 11.8 Å². The minimum Gasteiger partial charge on any atom is -0.478 e. The third-order valence-electron chi connectivity index (χ3n) is 5.30. The molecule has 0 aliphatic heterocycles. The topological polar surface area (TPSA) is 80.0 Å². The fourth-order valence-corrected chi connectivity index (χ4v) is 3.86. The quantitative estimate of drug-likeness (QED) is 0.336. The van der Waals surface area contributed by atoms with Crippen molar-refractivity contribution in [1.82, 2.24) is 14.8 Å². The number of aromatic carboxylic acids is 1. The Hall–Kier alpha value is -3.71. The Morgan fingerprint density at radius 2 is 1.94 bits per heavy atom. The molecule has 2 heterocycles. The third-order valence-corrected chi connectivity index (χ3v) is 5.58. The maximum Gasteiger partial charge on any atom is 0.337 e. The lowest BCUT2D eigenvalue weighted by Crippen LogP contribution is -2.08. The molecule has 0 saturated heterocycles. The molecule has 4 rings (SSSR count). The molecule has 0 bridgehead atoms. The summed E-state index contributed by atoms with van der Waals surface area (Å²) in [7, 11) is 0. The van der Waals surface area contributed by atoms with Crippen molar-refractivity contribution >= 4 is 29.1 Å². The molecule has 8 heteroatoms. The van der Waals surface area contributed by atoms with Gasteiger partial charge < -0.3 is 10.4 Å². The van der Waals surface area contributed by atoms with Gasteiger partial charge >= 0.3 is 5.97 Å². The van der Waals surface area contributed by atoms with E-state index in [1.54, 1.807) is 10.9 Å². The molecule has 0 saturated carbocycles. The zero-order valence-electron chi connectivity index (χ0n) is 18.3. The molecular formula is C25H22ClFN4O2. The van der Waals surface area contributed by atoms with Crippen molar-refractivity contribution in [2.75, 3.05) is 5.32 Å². The van der Waals surface area contributed by atoms with Crippen LogP contribution >= 0.6 is 11.6 Å². The number of carboxylic acid groups (broad SMARTS) is 1. The van der Waals surface area contributed by atoms with Crippen LogP contribution in [0, 0.1) is 12.7 Å². The molecule has 0 amide bonds. The Bertz CT molecular complexity index is 1330. The molecule has 0 spiro atoms. The molecule has 6 nitrogen and oxygen atoms in total. The van der Waals surface area contributed by atoms with Crippen LogP contribution in [0.15, 0.2) is 60.9 Å². The fraction of sp³-hybridized carbons (Fsp3) is 0.160. The zero-order chi connectivity index (χ0) is 23.7. The van der Waals surface area contributed by atoms with Crippen molar-refractivity contribution in [3.8, 4) is 16.9 Å². The van der Waals surface area contributed by atoms with E-state index in [0.717, 1.165) is 17.2 Å². The number of aryl methyl sites for hydroxylation is 1. The number of carboxylic acids is 1. The van der Waals surface area contributed by atoms with Gasteiger partial charge in [0, 0.05) is 24.0 Å². The number of carbonyl (C=O) groups is 1. The number of nitrogens with zero attached hydrogens (tertiary/aromatic N) is 3. The van der Waals surface area contributed by atoms with Gasteiger partial charge in [-0.25, -0.2) is 13.9 Å². The van der Waals surface area contributed by atoms with Crippen molar-refractivity contribution in [2.24, 2.45) is 0 Å². The number of benzene rings is 2. The van der Waals surface area contributed by atoms with E-state index in [1.165, 1.54) is 23.9 Å². The number of hydrogen-bond donors (Lipinski definition) is 2. The van der Waals surface area contributed by atoms with Crippen LogP contribution in [0.1, 0.15) is 41.3 Å². The Morgan fingerprint density at radius 3 is 2.64 bits per heavy atom. The number of rotatable bonds is 6. The second-order valence-corrected chi connectivity index (χ2v) is 8.42. The van der Waals surface area contributed by atoms with E-state index in [1.807, 2.05) is 25.1 Å². The second kappa shape index (κ2) is 9.03. The summed E-state index contributed by atoms with van der Waals surface area (Å²) < 4.78 is 15.3. The van der Waals surface area contributed by atoms with E-state index in [4.69, 9.17) is 16.7 Å².